The summed E-state index contributed by atoms with van der Waals surface area (Å²) in [5.74, 6) is -1.32. The molecule has 27 heavy (non-hydrogen) atoms. The molecular weight excluding hydrogens is 372 g/mol. The number of carbonyl (C=O) groups is 2. The molecule has 0 bridgehead atoms. The lowest BCUT2D eigenvalue weighted by atomic mass is 9.98. The normalized spacial score (nSPS) is 17.6. The number of amides is 1. The largest absolute Gasteiger partial charge is 0.481 e. The molecule has 1 aromatic carbocycles. The number of aliphatic carboxylic acids is 1. The molecule has 0 aromatic heterocycles. The van der Waals surface area contributed by atoms with E-state index in [0.717, 1.165) is 12.8 Å². The summed E-state index contributed by atoms with van der Waals surface area (Å²) in [6.45, 7) is 4.35. The molecule has 0 spiro atoms. The van der Waals surface area contributed by atoms with Crippen molar-refractivity contribution < 1.29 is 27.9 Å². The summed E-state index contributed by atoms with van der Waals surface area (Å²) in [5.41, 5.74) is -0.389. The summed E-state index contributed by atoms with van der Waals surface area (Å²) >= 11 is 0. The van der Waals surface area contributed by atoms with Crippen LogP contribution in [0.15, 0.2) is 29.2 Å². The number of hydrogen-bond acceptors (Lipinski definition) is 5. The second kappa shape index (κ2) is 8.81. The van der Waals surface area contributed by atoms with Gasteiger partial charge in [-0.3, -0.25) is 9.59 Å². The molecule has 0 radical (unpaired) electrons. The zero-order chi connectivity index (χ0) is 20.1. The number of benzene rings is 1. The first kappa shape index (κ1) is 21.3. The van der Waals surface area contributed by atoms with Gasteiger partial charge in [-0.2, -0.15) is 0 Å². The summed E-state index contributed by atoms with van der Waals surface area (Å²) in [4.78, 5) is 23.1. The highest BCUT2D eigenvalue weighted by Gasteiger charge is 2.23. The standard InChI is InChI=1S/C18H26N2O6S/c1-18(2,10-9-16(21)22)20-17(23)13-5-7-15(8-6-13)27(24,25)19-12-14-4-3-11-26-14/h5-8,14,19H,3-4,9-12H2,1-2H3,(H,20,23)(H,21,22). The number of carbonyl (C=O) groups excluding carboxylic acids is 1. The van der Waals surface area contributed by atoms with Crippen LogP contribution in [-0.2, 0) is 19.6 Å². The van der Waals surface area contributed by atoms with Crippen LogP contribution in [0, 0.1) is 0 Å². The van der Waals surface area contributed by atoms with Gasteiger partial charge in [0, 0.05) is 30.7 Å². The topological polar surface area (TPSA) is 122 Å². The zero-order valence-electron chi connectivity index (χ0n) is 15.5. The SMILES string of the molecule is CC(C)(CCC(=O)O)NC(=O)c1ccc(S(=O)(=O)NCC2CCCO2)cc1. The minimum atomic E-state index is -3.67. The van der Waals surface area contributed by atoms with Crippen molar-refractivity contribution >= 4 is 21.9 Å². The monoisotopic (exact) mass is 398 g/mol. The second-order valence-corrected chi connectivity index (χ2v) is 9.01. The number of carboxylic acid groups (broad SMARTS) is 1. The van der Waals surface area contributed by atoms with Crippen LogP contribution in [0.1, 0.15) is 49.9 Å². The maximum Gasteiger partial charge on any atom is 0.303 e. The van der Waals surface area contributed by atoms with Gasteiger partial charge in [0.15, 0.2) is 0 Å². The Hall–Kier alpha value is -1.97. The third-order valence-corrected chi connectivity index (χ3v) is 5.81. The van der Waals surface area contributed by atoms with Crippen molar-refractivity contribution in [2.45, 2.75) is 56.1 Å². The molecule has 1 atom stereocenters. The van der Waals surface area contributed by atoms with Gasteiger partial charge in [-0.05, 0) is 57.4 Å². The second-order valence-electron chi connectivity index (χ2n) is 7.24. The van der Waals surface area contributed by atoms with Crippen LogP contribution < -0.4 is 10.0 Å². The van der Waals surface area contributed by atoms with Gasteiger partial charge in [-0.1, -0.05) is 0 Å². The number of rotatable bonds is 9. The number of sulfonamides is 1. The van der Waals surface area contributed by atoms with Crippen LogP contribution in [0.2, 0.25) is 0 Å². The number of ether oxygens (including phenoxy) is 1. The van der Waals surface area contributed by atoms with E-state index in [0.29, 0.717) is 12.2 Å². The minimum absolute atomic E-state index is 0.0547. The molecule has 1 aliphatic rings. The van der Waals surface area contributed by atoms with E-state index in [1.54, 1.807) is 13.8 Å². The molecular formula is C18H26N2O6S. The van der Waals surface area contributed by atoms with Crippen molar-refractivity contribution in [3.63, 3.8) is 0 Å². The van der Waals surface area contributed by atoms with Crippen LogP contribution in [0.25, 0.3) is 0 Å². The number of hydrogen-bond donors (Lipinski definition) is 3. The van der Waals surface area contributed by atoms with Crippen LogP contribution in [0.5, 0.6) is 0 Å². The predicted molar refractivity (Wildman–Crippen MR) is 99.0 cm³/mol. The summed E-state index contributed by atoms with van der Waals surface area (Å²) in [6.07, 6.45) is 1.89. The molecule has 150 valence electrons. The quantitative estimate of drug-likeness (QED) is 0.580. The minimum Gasteiger partial charge on any atom is -0.481 e. The Labute approximate surface area is 159 Å². The first-order valence-electron chi connectivity index (χ1n) is 8.85. The Kier molecular flexibility index (Phi) is 6.96. The Morgan fingerprint density at radius 2 is 1.93 bits per heavy atom. The molecule has 1 heterocycles. The first-order chi connectivity index (χ1) is 12.6. The summed E-state index contributed by atoms with van der Waals surface area (Å²) in [7, 11) is -3.67. The molecule has 8 nitrogen and oxygen atoms in total. The number of nitrogens with one attached hydrogen (secondary N) is 2. The lowest BCUT2D eigenvalue weighted by Gasteiger charge is -2.25. The van der Waals surface area contributed by atoms with E-state index < -0.39 is 21.5 Å². The fraction of sp³-hybridized carbons (Fsp3) is 0.556. The van der Waals surface area contributed by atoms with Gasteiger partial charge in [0.2, 0.25) is 10.0 Å². The maximum atomic E-state index is 12.3. The molecule has 0 aliphatic carbocycles. The van der Waals surface area contributed by atoms with Crippen LogP contribution >= 0.6 is 0 Å². The van der Waals surface area contributed by atoms with E-state index in [1.165, 1.54) is 24.3 Å². The highest BCUT2D eigenvalue weighted by atomic mass is 32.2. The first-order valence-corrected chi connectivity index (χ1v) is 10.3. The highest BCUT2D eigenvalue weighted by Crippen LogP contribution is 2.16. The van der Waals surface area contributed by atoms with Crippen molar-refractivity contribution in [3.8, 4) is 0 Å². The van der Waals surface area contributed by atoms with E-state index in [-0.39, 0.29) is 36.3 Å². The molecule has 3 N–H and O–H groups in total. The lowest BCUT2D eigenvalue weighted by molar-refractivity contribution is -0.137. The third kappa shape index (κ3) is 6.60. The Bertz CT molecular complexity index is 768. The van der Waals surface area contributed by atoms with Crippen LogP contribution in [0.3, 0.4) is 0 Å². The molecule has 1 aromatic rings. The summed E-state index contributed by atoms with van der Waals surface area (Å²) in [5, 5.41) is 11.5. The molecule has 1 fully saturated rings. The third-order valence-electron chi connectivity index (χ3n) is 4.37. The Balaban J connectivity index is 1.96. The Morgan fingerprint density at radius 3 is 2.48 bits per heavy atom. The van der Waals surface area contributed by atoms with E-state index >= 15 is 0 Å². The van der Waals surface area contributed by atoms with Gasteiger partial charge in [-0.15, -0.1) is 0 Å². The fourth-order valence-corrected chi connectivity index (χ4v) is 3.80. The molecule has 9 heteroatoms. The van der Waals surface area contributed by atoms with E-state index in [4.69, 9.17) is 9.84 Å². The van der Waals surface area contributed by atoms with Crippen molar-refractivity contribution in [1.29, 1.82) is 0 Å². The van der Waals surface area contributed by atoms with Gasteiger partial charge >= 0.3 is 5.97 Å². The van der Waals surface area contributed by atoms with Crippen molar-refractivity contribution in [1.82, 2.24) is 10.0 Å². The number of carboxylic acids is 1. The van der Waals surface area contributed by atoms with Gasteiger partial charge in [0.25, 0.3) is 5.91 Å². The molecule has 1 unspecified atom stereocenters. The molecule has 1 saturated heterocycles. The molecule has 0 saturated carbocycles. The maximum absolute atomic E-state index is 12.3. The van der Waals surface area contributed by atoms with Gasteiger partial charge in [0.05, 0.1) is 11.0 Å². The van der Waals surface area contributed by atoms with Crippen molar-refractivity contribution in [3.05, 3.63) is 29.8 Å². The molecule has 1 aliphatic heterocycles. The molecule has 1 amide bonds. The molecule has 2 rings (SSSR count). The van der Waals surface area contributed by atoms with Crippen LogP contribution in [-0.4, -0.2) is 50.2 Å². The van der Waals surface area contributed by atoms with E-state index in [2.05, 4.69) is 10.0 Å². The fourth-order valence-electron chi connectivity index (χ4n) is 2.74. The van der Waals surface area contributed by atoms with E-state index in [1.807, 2.05) is 0 Å². The summed E-state index contributed by atoms with van der Waals surface area (Å²) < 4.78 is 32.6. The average molecular weight is 398 g/mol. The predicted octanol–water partition coefficient (Wildman–Crippen LogP) is 1.52. The zero-order valence-corrected chi connectivity index (χ0v) is 16.3. The van der Waals surface area contributed by atoms with Crippen molar-refractivity contribution in [2.75, 3.05) is 13.2 Å². The van der Waals surface area contributed by atoms with Crippen LogP contribution in [0.4, 0.5) is 0 Å². The van der Waals surface area contributed by atoms with Gasteiger partial charge in [-0.25, -0.2) is 13.1 Å². The van der Waals surface area contributed by atoms with E-state index in [9.17, 15) is 18.0 Å². The van der Waals surface area contributed by atoms with Gasteiger partial charge < -0.3 is 15.2 Å². The summed E-state index contributed by atoms with van der Waals surface area (Å²) in [6, 6.07) is 5.61. The lowest BCUT2D eigenvalue weighted by Crippen LogP contribution is -2.43. The van der Waals surface area contributed by atoms with Gasteiger partial charge in [0.1, 0.15) is 0 Å². The Morgan fingerprint density at radius 1 is 1.26 bits per heavy atom. The van der Waals surface area contributed by atoms with Crippen molar-refractivity contribution in [2.24, 2.45) is 0 Å². The smallest absolute Gasteiger partial charge is 0.303 e. The average Bonchev–Trinajstić information content (AvgIpc) is 3.12. The highest BCUT2D eigenvalue weighted by molar-refractivity contribution is 7.89.